The van der Waals surface area contributed by atoms with Gasteiger partial charge in [-0.05, 0) is 59.7 Å². The van der Waals surface area contributed by atoms with Crippen molar-refractivity contribution in [2.75, 3.05) is 6.54 Å². The molecule has 0 fully saturated rings. The highest BCUT2D eigenvalue weighted by atomic mass is 35.5. The number of aryl methyl sites for hydroxylation is 2. The van der Waals surface area contributed by atoms with Gasteiger partial charge in [0.05, 0.1) is 6.54 Å². The van der Waals surface area contributed by atoms with E-state index in [1.54, 1.807) is 0 Å². The Kier molecular flexibility index (Phi) is 6.34. The van der Waals surface area contributed by atoms with Crippen molar-refractivity contribution in [3.05, 3.63) is 63.7 Å². The van der Waals surface area contributed by atoms with Gasteiger partial charge in [-0.3, -0.25) is 0 Å². The van der Waals surface area contributed by atoms with Gasteiger partial charge in [0.25, 0.3) is 0 Å². The van der Waals surface area contributed by atoms with Crippen molar-refractivity contribution in [2.24, 2.45) is 0 Å². The Morgan fingerprint density at radius 3 is 2.29 bits per heavy atom. The summed E-state index contributed by atoms with van der Waals surface area (Å²) in [6.45, 7) is 8.89. The van der Waals surface area contributed by atoms with Crippen LogP contribution in [-0.4, -0.2) is 11.8 Å². The zero-order valence-electron chi connectivity index (χ0n) is 14.7. The molecule has 1 unspecified atom stereocenters. The van der Waals surface area contributed by atoms with Crippen LogP contribution in [0, 0.1) is 13.8 Å². The fourth-order valence-electron chi connectivity index (χ4n) is 2.94. The maximum atomic E-state index is 10.8. The molecule has 0 saturated heterocycles. The molecule has 0 aliphatic heterocycles. The van der Waals surface area contributed by atoms with Crippen molar-refractivity contribution in [1.29, 1.82) is 0 Å². The molecular weight excluding hydrogens is 340 g/mol. The van der Waals surface area contributed by atoms with E-state index in [1.165, 1.54) is 5.56 Å². The summed E-state index contributed by atoms with van der Waals surface area (Å²) in [7, 11) is 0. The molecule has 2 rings (SSSR count). The van der Waals surface area contributed by atoms with E-state index in [1.807, 2.05) is 38.1 Å². The predicted octanol–water partition coefficient (Wildman–Crippen LogP) is 5.37. The fraction of sp³-hybridized carbons (Fsp3) is 0.368. The number of hydrogen-bond acceptors (Lipinski definition) is 3. The number of halogens is 1. The molecule has 2 aromatic rings. The van der Waals surface area contributed by atoms with Gasteiger partial charge in [-0.15, -0.1) is 5.43 Å². The maximum Gasteiger partial charge on any atom is 0.203 e. The first-order valence-corrected chi connectivity index (χ1v) is 8.95. The summed E-state index contributed by atoms with van der Waals surface area (Å²) in [6, 6.07) is 12.0. The van der Waals surface area contributed by atoms with Gasteiger partial charge in [0.15, 0.2) is 0 Å². The molecule has 0 aliphatic carbocycles. The molecule has 0 saturated carbocycles. The van der Waals surface area contributed by atoms with E-state index in [2.05, 4.69) is 44.2 Å². The summed E-state index contributed by atoms with van der Waals surface area (Å²) < 4.78 is -0.638. The molecule has 2 N–H and O–H groups in total. The SMILES string of the molecule is Cc1cc(C(C)C)cc(C)c1[N+](O)(S)NCCc1ccccc1Cl. The summed E-state index contributed by atoms with van der Waals surface area (Å²) in [5, 5.41) is 11.5. The van der Waals surface area contributed by atoms with Crippen molar-refractivity contribution in [3.63, 3.8) is 0 Å². The zero-order valence-corrected chi connectivity index (χ0v) is 16.3. The van der Waals surface area contributed by atoms with Crippen LogP contribution >= 0.6 is 24.4 Å². The second-order valence-electron chi connectivity index (χ2n) is 6.51. The number of nitrogens with one attached hydrogen (secondary N) is 1. The molecule has 0 aliphatic rings. The minimum atomic E-state index is -0.638. The van der Waals surface area contributed by atoms with E-state index in [4.69, 9.17) is 11.6 Å². The Morgan fingerprint density at radius 1 is 1.17 bits per heavy atom. The second kappa shape index (κ2) is 7.89. The number of benzene rings is 2. The van der Waals surface area contributed by atoms with Gasteiger partial charge in [-0.2, -0.15) is 5.21 Å². The van der Waals surface area contributed by atoms with Crippen LogP contribution in [0.3, 0.4) is 0 Å². The van der Waals surface area contributed by atoms with Crippen LogP contribution < -0.4 is 9.59 Å². The highest BCUT2D eigenvalue weighted by Crippen LogP contribution is 2.32. The van der Waals surface area contributed by atoms with Crippen LogP contribution in [-0.2, 0) is 6.42 Å². The lowest BCUT2D eigenvalue weighted by Gasteiger charge is -2.26. The lowest BCUT2D eigenvalue weighted by molar-refractivity contribution is -0.0211. The van der Waals surface area contributed by atoms with Crippen molar-refractivity contribution < 1.29 is 5.21 Å². The third-order valence-corrected chi connectivity index (χ3v) is 4.89. The first kappa shape index (κ1) is 19.3. The van der Waals surface area contributed by atoms with Crippen LogP contribution in [0.1, 0.15) is 42.0 Å². The third kappa shape index (κ3) is 4.52. The summed E-state index contributed by atoms with van der Waals surface area (Å²) >= 11 is 10.6. The van der Waals surface area contributed by atoms with Crippen molar-refractivity contribution in [3.8, 4) is 0 Å². The number of hydrogen-bond donors (Lipinski definition) is 3. The van der Waals surface area contributed by atoms with Crippen LogP contribution in [0.2, 0.25) is 5.02 Å². The number of nitrogens with zero attached hydrogens (tertiary/aromatic N) is 1. The molecule has 0 radical (unpaired) electrons. The Balaban J connectivity index is 2.14. The van der Waals surface area contributed by atoms with Gasteiger partial charge in [0.1, 0.15) is 12.8 Å². The summed E-state index contributed by atoms with van der Waals surface area (Å²) in [5.41, 5.74) is 8.18. The van der Waals surface area contributed by atoms with Gasteiger partial charge in [-0.1, -0.05) is 43.6 Å². The first-order valence-electron chi connectivity index (χ1n) is 8.17. The van der Waals surface area contributed by atoms with Crippen molar-refractivity contribution in [1.82, 2.24) is 9.59 Å². The highest BCUT2D eigenvalue weighted by Gasteiger charge is 2.30. The molecule has 1 atom stereocenters. The Morgan fingerprint density at radius 2 is 1.75 bits per heavy atom. The molecule has 5 heteroatoms. The fourth-order valence-corrected chi connectivity index (χ4v) is 3.59. The van der Waals surface area contributed by atoms with E-state index in [0.717, 1.165) is 27.4 Å². The Labute approximate surface area is 155 Å². The number of quaternary nitrogens is 1. The molecule has 24 heavy (non-hydrogen) atoms. The number of rotatable bonds is 6. The quantitative estimate of drug-likeness (QED) is 0.365. The number of thiol groups is 1. The molecule has 0 bridgehead atoms. The normalized spacial score (nSPS) is 14.0. The van der Waals surface area contributed by atoms with Crippen molar-refractivity contribution in [2.45, 2.75) is 40.0 Å². The van der Waals surface area contributed by atoms with E-state index in [-0.39, 0.29) is 0 Å². The summed E-state index contributed by atoms with van der Waals surface area (Å²) in [5.74, 6) is 0.449. The third-order valence-electron chi connectivity index (χ3n) is 4.18. The summed E-state index contributed by atoms with van der Waals surface area (Å²) in [4.78, 5) is 0. The lowest BCUT2D eigenvalue weighted by atomic mass is 9.97. The van der Waals surface area contributed by atoms with Crippen LogP contribution in [0.25, 0.3) is 0 Å². The zero-order chi connectivity index (χ0) is 17.9. The monoisotopic (exact) mass is 365 g/mol. The molecule has 0 amide bonds. The molecule has 0 heterocycles. The van der Waals surface area contributed by atoms with Gasteiger partial charge in [0.2, 0.25) is 5.69 Å². The first-order chi connectivity index (χ1) is 11.2. The van der Waals surface area contributed by atoms with Gasteiger partial charge in [-0.25, -0.2) is 0 Å². The van der Waals surface area contributed by atoms with E-state index < -0.39 is 4.16 Å². The molecule has 2 aromatic carbocycles. The van der Waals surface area contributed by atoms with E-state index >= 15 is 0 Å². The summed E-state index contributed by atoms with van der Waals surface area (Å²) in [6.07, 6.45) is 0.711. The van der Waals surface area contributed by atoms with E-state index in [0.29, 0.717) is 18.9 Å². The average molecular weight is 366 g/mol. The highest BCUT2D eigenvalue weighted by molar-refractivity contribution is 7.79. The predicted molar refractivity (Wildman–Crippen MR) is 106 cm³/mol. The molecule has 0 aromatic heterocycles. The average Bonchev–Trinajstić information content (AvgIpc) is 2.48. The van der Waals surface area contributed by atoms with Crippen LogP contribution in [0.5, 0.6) is 0 Å². The van der Waals surface area contributed by atoms with Gasteiger partial charge < -0.3 is 0 Å². The Hall–Kier alpha value is -1.04. The smallest absolute Gasteiger partial charge is 0.178 e. The minimum absolute atomic E-state index is 0.449. The molecule has 0 spiro atoms. The molecule has 3 nitrogen and oxygen atoms in total. The molecular formula is C19H26ClN2OS+. The minimum Gasteiger partial charge on any atom is -0.178 e. The van der Waals surface area contributed by atoms with Crippen molar-refractivity contribution >= 4 is 30.1 Å². The van der Waals surface area contributed by atoms with Crippen LogP contribution in [0.15, 0.2) is 36.4 Å². The molecule has 130 valence electrons. The second-order valence-corrected chi connectivity index (χ2v) is 7.49. The largest absolute Gasteiger partial charge is 0.203 e. The Bertz CT molecular complexity index is 693. The topological polar surface area (TPSA) is 32.3 Å². The lowest BCUT2D eigenvalue weighted by Crippen LogP contribution is -2.50. The van der Waals surface area contributed by atoms with E-state index in [9.17, 15) is 5.21 Å². The van der Waals surface area contributed by atoms with Crippen LogP contribution in [0.4, 0.5) is 5.69 Å². The van der Waals surface area contributed by atoms with Gasteiger partial charge >= 0.3 is 0 Å². The van der Waals surface area contributed by atoms with Gasteiger partial charge in [0, 0.05) is 16.1 Å². The standard InChI is InChI=1S/C19H26ClN2OS/c1-13(2)17-11-14(3)19(15(4)12-17)22(23,24)21-10-9-16-7-5-6-8-18(16)20/h5-8,11-13,21,23-24H,9-10H2,1-4H3/q+1. The maximum absolute atomic E-state index is 10.8.